The van der Waals surface area contributed by atoms with E-state index in [1.165, 1.54) is 5.56 Å². The molecule has 0 bridgehead atoms. The lowest BCUT2D eigenvalue weighted by Gasteiger charge is -2.51. The molecular weight excluding hydrogens is 364 g/mol. The van der Waals surface area contributed by atoms with Crippen molar-refractivity contribution >= 4 is 5.91 Å². The van der Waals surface area contributed by atoms with E-state index in [4.69, 9.17) is 0 Å². The van der Waals surface area contributed by atoms with E-state index in [0.29, 0.717) is 5.92 Å². The minimum Gasteiger partial charge on any atom is -0.365 e. The molecule has 162 valence electrons. The van der Waals surface area contributed by atoms with Crippen molar-refractivity contribution < 1.29 is 9.90 Å². The van der Waals surface area contributed by atoms with Crippen LogP contribution in [0.25, 0.3) is 0 Å². The van der Waals surface area contributed by atoms with Crippen LogP contribution in [-0.2, 0) is 10.3 Å². The number of carbonyl (C=O) groups is 1. The van der Waals surface area contributed by atoms with Crippen LogP contribution in [0.3, 0.4) is 0 Å². The Kier molecular flexibility index (Phi) is 6.68. The molecule has 1 aliphatic carbocycles. The molecule has 1 saturated carbocycles. The van der Waals surface area contributed by atoms with Gasteiger partial charge in [0, 0.05) is 31.2 Å². The van der Waals surface area contributed by atoms with E-state index in [1.54, 1.807) is 7.05 Å². The van der Waals surface area contributed by atoms with E-state index in [-0.39, 0.29) is 23.5 Å². The maximum Gasteiger partial charge on any atom is 0.234 e. The van der Waals surface area contributed by atoms with Gasteiger partial charge in [-0.15, -0.1) is 0 Å². The summed E-state index contributed by atoms with van der Waals surface area (Å²) in [5.74, 6) is 0.407. The summed E-state index contributed by atoms with van der Waals surface area (Å²) in [5, 5.41) is 13.8. The van der Waals surface area contributed by atoms with Gasteiger partial charge in [-0.05, 0) is 51.3 Å². The summed E-state index contributed by atoms with van der Waals surface area (Å²) in [6.07, 6.45) is 3.40. The zero-order chi connectivity index (χ0) is 21.2. The highest BCUT2D eigenvalue weighted by atomic mass is 16.3. The van der Waals surface area contributed by atoms with Crippen molar-refractivity contribution in [3.63, 3.8) is 0 Å². The summed E-state index contributed by atoms with van der Waals surface area (Å²) < 4.78 is 0. The molecule has 1 saturated heterocycles. The van der Waals surface area contributed by atoms with E-state index in [1.807, 2.05) is 4.90 Å². The molecule has 1 amide bonds. The maximum absolute atomic E-state index is 12.0. The van der Waals surface area contributed by atoms with Crippen LogP contribution >= 0.6 is 0 Å². The van der Waals surface area contributed by atoms with E-state index < -0.39 is 6.35 Å². The third kappa shape index (κ3) is 4.22. The van der Waals surface area contributed by atoms with Crippen molar-refractivity contribution in [3.05, 3.63) is 35.9 Å². The molecule has 2 aliphatic rings. The van der Waals surface area contributed by atoms with Gasteiger partial charge in [0.2, 0.25) is 5.91 Å². The van der Waals surface area contributed by atoms with Crippen molar-refractivity contribution in [1.29, 1.82) is 0 Å². The Balaban J connectivity index is 1.86. The first kappa shape index (κ1) is 22.2. The Labute approximate surface area is 175 Å². The number of amides is 1. The second-order valence-electron chi connectivity index (χ2n) is 9.49. The van der Waals surface area contributed by atoms with Gasteiger partial charge in [0.15, 0.2) is 6.35 Å². The predicted molar refractivity (Wildman–Crippen MR) is 116 cm³/mol. The highest BCUT2D eigenvalue weighted by Crippen LogP contribution is 2.49. The van der Waals surface area contributed by atoms with Crippen LogP contribution in [0.1, 0.15) is 45.1 Å². The average molecular weight is 403 g/mol. The van der Waals surface area contributed by atoms with E-state index in [0.717, 1.165) is 38.8 Å². The van der Waals surface area contributed by atoms with Gasteiger partial charge in [-0.2, -0.15) is 0 Å². The molecule has 0 aromatic heterocycles. The normalized spacial score (nSPS) is 31.1. The SMILES string of the molecule is CNC(=O)CN1C[C@]2(CC[C@](c3ccccc3)(N(C)C)CC2)N(CC(C)C)C1O. The van der Waals surface area contributed by atoms with Crippen molar-refractivity contribution in [3.8, 4) is 0 Å². The molecular formula is C23H38N4O2. The fourth-order valence-electron chi connectivity index (χ4n) is 5.39. The molecule has 0 radical (unpaired) electrons. The number of likely N-dealkylation sites (N-methyl/N-ethyl adjacent to an activating group) is 1. The molecule has 1 spiro atoms. The number of hydrogen-bond donors (Lipinski definition) is 2. The first-order valence-electron chi connectivity index (χ1n) is 10.9. The van der Waals surface area contributed by atoms with Crippen LogP contribution in [0.2, 0.25) is 0 Å². The fourth-order valence-corrected chi connectivity index (χ4v) is 5.39. The molecule has 29 heavy (non-hydrogen) atoms. The fraction of sp³-hybridized carbons (Fsp3) is 0.696. The van der Waals surface area contributed by atoms with Gasteiger partial charge in [0.05, 0.1) is 6.54 Å². The van der Waals surface area contributed by atoms with Crippen LogP contribution < -0.4 is 5.32 Å². The second-order valence-corrected chi connectivity index (χ2v) is 9.49. The highest BCUT2D eigenvalue weighted by Gasteiger charge is 2.54. The molecule has 2 N–H and O–H groups in total. The van der Waals surface area contributed by atoms with Gasteiger partial charge in [0.25, 0.3) is 0 Å². The summed E-state index contributed by atoms with van der Waals surface area (Å²) in [6.45, 7) is 6.21. The van der Waals surface area contributed by atoms with Crippen molar-refractivity contribution in [2.45, 2.75) is 57.0 Å². The predicted octanol–water partition coefficient (Wildman–Crippen LogP) is 2.05. The van der Waals surface area contributed by atoms with Crippen LogP contribution in [0, 0.1) is 5.92 Å². The maximum atomic E-state index is 12.0. The van der Waals surface area contributed by atoms with E-state index in [2.05, 4.69) is 73.4 Å². The molecule has 1 aliphatic heterocycles. The Morgan fingerprint density at radius 3 is 2.34 bits per heavy atom. The van der Waals surface area contributed by atoms with Crippen LogP contribution in [0.4, 0.5) is 0 Å². The summed E-state index contributed by atoms with van der Waals surface area (Å²) in [6, 6.07) is 10.8. The molecule has 1 aromatic carbocycles. The minimum atomic E-state index is -0.696. The van der Waals surface area contributed by atoms with Gasteiger partial charge in [-0.1, -0.05) is 44.2 Å². The standard InChI is InChI=1S/C23H38N4O2/c1-18(2)15-27-21(29)26(16-20(28)24-3)17-22(27)11-13-23(14-12-22,25(4)5)19-9-7-6-8-10-19/h6-10,18,21,29H,11-17H2,1-5H3,(H,24,28)/t21?,22-,23+. The molecule has 1 unspecified atom stereocenters. The smallest absolute Gasteiger partial charge is 0.234 e. The number of aliphatic hydroxyl groups is 1. The summed E-state index contributed by atoms with van der Waals surface area (Å²) in [5.41, 5.74) is 1.32. The summed E-state index contributed by atoms with van der Waals surface area (Å²) >= 11 is 0. The van der Waals surface area contributed by atoms with Gasteiger partial charge >= 0.3 is 0 Å². The van der Waals surface area contributed by atoms with E-state index >= 15 is 0 Å². The Morgan fingerprint density at radius 2 is 1.83 bits per heavy atom. The molecule has 3 rings (SSSR count). The number of nitrogens with one attached hydrogen (secondary N) is 1. The molecule has 2 fully saturated rings. The van der Waals surface area contributed by atoms with Gasteiger partial charge in [-0.25, -0.2) is 0 Å². The number of carbonyl (C=O) groups excluding carboxylic acids is 1. The number of benzene rings is 1. The van der Waals surface area contributed by atoms with Crippen molar-refractivity contribution in [2.75, 3.05) is 40.8 Å². The Morgan fingerprint density at radius 1 is 1.21 bits per heavy atom. The first-order chi connectivity index (χ1) is 13.7. The van der Waals surface area contributed by atoms with Crippen LogP contribution in [-0.4, -0.2) is 78.4 Å². The molecule has 1 heterocycles. The first-order valence-corrected chi connectivity index (χ1v) is 10.9. The number of hydrogen-bond acceptors (Lipinski definition) is 5. The Bertz CT molecular complexity index is 683. The highest BCUT2D eigenvalue weighted by molar-refractivity contribution is 5.77. The minimum absolute atomic E-state index is 0.0230. The third-order valence-corrected chi connectivity index (χ3v) is 7.07. The Hall–Kier alpha value is -1.47. The largest absolute Gasteiger partial charge is 0.365 e. The lowest BCUT2D eigenvalue weighted by molar-refractivity contribution is -0.128. The van der Waals surface area contributed by atoms with E-state index in [9.17, 15) is 9.90 Å². The molecule has 6 heteroatoms. The summed E-state index contributed by atoms with van der Waals surface area (Å²) in [4.78, 5) is 18.6. The van der Waals surface area contributed by atoms with Gasteiger partial charge in [-0.3, -0.25) is 19.5 Å². The van der Waals surface area contributed by atoms with Gasteiger partial charge < -0.3 is 10.4 Å². The molecule has 1 atom stereocenters. The monoisotopic (exact) mass is 402 g/mol. The van der Waals surface area contributed by atoms with Gasteiger partial charge in [0.1, 0.15) is 0 Å². The molecule has 6 nitrogen and oxygen atoms in total. The lowest BCUT2D eigenvalue weighted by Crippen LogP contribution is -2.56. The topological polar surface area (TPSA) is 59.1 Å². The zero-order valence-electron chi connectivity index (χ0n) is 18.7. The van der Waals surface area contributed by atoms with Crippen LogP contribution in [0.5, 0.6) is 0 Å². The van der Waals surface area contributed by atoms with Crippen molar-refractivity contribution in [2.24, 2.45) is 5.92 Å². The second kappa shape index (κ2) is 8.72. The number of rotatable bonds is 6. The summed E-state index contributed by atoms with van der Waals surface area (Å²) in [7, 11) is 6.01. The van der Waals surface area contributed by atoms with Crippen molar-refractivity contribution in [1.82, 2.24) is 20.0 Å². The van der Waals surface area contributed by atoms with Crippen LogP contribution in [0.15, 0.2) is 30.3 Å². The molecule has 1 aromatic rings. The number of nitrogens with zero attached hydrogens (tertiary/aromatic N) is 3. The number of aliphatic hydroxyl groups excluding tert-OH is 1. The lowest BCUT2D eigenvalue weighted by atomic mass is 9.68. The average Bonchev–Trinajstić information content (AvgIpc) is 2.94. The zero-order valence-corrected chi connectivity index (χ0v) is 18.7. The quantitative estimate of drug-likeness (QED) is 0.763. The third-order valence-electron chi connectivity index (χ3n) is 7.07.